The summed E-state index contributed by atoms with van der Waals surface area (Å²) in [7, 11) is 4.73. The molecular formula is C22H27N3O4S. The third-order valence-corrected chi connectivity index (χ3v) is 6.64. The van der Waals surface area contributed by atoms with E-state index in [-0.39, 0.29) is 5.91 Å². The number of H-pyrrole nitrogens is 1. The van der Waals surface area contributed by atoms with Crippen molar-refractivity contribution in [3.8, 4) is 17.2 Å². The van der Waals surface area contributed by atoms with Crippen LogP contribution in [0.5, 0.6) is 17.2 Å². The van der Waals surface area contributed by atoms with Crippen molar-refractivity contribution < 1.29 is 19.0 Å². The van der Waals surface area contributed by atoms with E-state index in [1.807, 2.05) is 11.3 Å². The van der Waals surface area contributed by atoms with Crippen LogP contribution in [-0.4, -0.2) is 43.7 Å². The Kier molecular flexibility index (Phi) is 6.13. The first-order valence-electron chi connectivity index (χ1n) is 10.2. The van der Waals surface area contributed by atoms with E-state index >= 15 is 0 Å². The van der Waals surface area contributed by atoms with Crippen molar-refractivity contribution in [3.63, 3.8) is 0 Å². The zero-order chi connectivity index (χ0) is 21.1. The molecular weight excluding hydrogens is 402 g/mol. The Bertz CT molecular complexity index is 1030. The molecule has 0 radical (unpaired) electrons. The molecule has 1 aliphatic carbocycles. The minimum Gasteiger partial charge on any atom is -0.496 e. The first-order chi connectivity index (χ1) is 14.6. The number of hydrogen-bond acceptors (Lipinski definition) is 6. The van der Waals surface area contributed by atoms with Gasteiger partial charge in [-0.05, 0) is 38.2 Å². The molecule has 2 N–H and O–H groups in total. The topological polar surface area (TPSA) is 85.5 Å². The summed E-state index contributed by atoms with van der Waals surface area (Å²) in [5.41, 5.74) is 2.42. The highest BCUT2D eigenvalue weighted by Crippen LogP contribution is 2.41. The van der Waals surface area contributed by atoms with Gasteiger partial charge in [-0.2, -0.15) is 0 Å². The van der Waals surface area contributed by atoms with Crippen molar-refractivity contribution >= 4 is 28.1 Å². The van der Waals surface area contributed by atoms with E-state index in [9.17, 15) is 4.79 Å². The Balaban J connectivity index is 1.41. The van der Waals surface area contributed by atoms with Crippen LogP contribution in [0.1, 0.15) is 45.3 Å². The molecule has 0 unspecified atom stereocenters. The number of rotatable bonds is 8. The van der Waals surface area contributed by atoms with Crippen LogP contribution in [0.15, 0.2) is 12.1 Å². The SMILES string of the molecule is COc1cc(OC)c2cc(C(=O)NCCCc3nc4c(s3)CCCC4)[nH]c2c1OC. The number of ether oxygens (including phenoxy) is 3. The Morgan fingerprint density at radius 1 is 1.13 bits per heavy atom. The highest BCUT2D eigenvalue weighted by atomic mass is 32.1. The zero-order valence-corrected chi connectivity index (χ0v) is 18.4. The molecule has 0 atom stereocenters. The molecule has 1 aromatic carbocycles. The van der Waals surface area contributed by atoms with Crippen molar-refractivity contribution in [2.45, 2.75) is 38.5 Å². The molecule has 0 saturated heterocycles. The van der Waals surface area contributed by atoms with Crippen LogP contribution in [0.2, 0.25) is 0 Å². The molecule has 0 aliphatic heterocycles. The second kappa shape index (κ2) is 8.95. The van der Waals surface area contributed by atoms with Gasteiger partial charge in [-0.1, -0.05) is 0 Å². The van der Waals surface area contributed by atoms with E-state index in [4.69, 9.17) is 19.2 Å². The van der Waals surface area contributed by atoms with E-state index in [2.05, 4.69) is 10.3 Å². The number of amides is 1. The maximum atomic E-state index is 12.7. The van der Waals surface area contributed by atoms with Crippen LogP contribution in [0.3, 0.4) is 0 Å². The molecule has 4 rings (SSSR count). The Hall–Kier alpha value is -2.74. The molecule has 0 fully saturated rings. The quantitative estimate of drug-likeness (QED) is 0.531. The highest BCUT2D eigenvalue weighted by Gasteiger charge is 2.19. The van der Waals surface area contributed by atoms with Gasteiger partial charge in [0.15, 0.2) is 11.5 Å². The van der Waals surface area contributed by atoms with Gasteiger partial charge in [0.1, 0.15) is 11.4 Å². The third kappa shape index (κ3) is 3.96. The number of aromatic nitrogens is 2. The average molecular weight is 430 g/mol. The summed E-state index contributed by atoms with van der Waals surface area (Å²) in [6, 6.07) is 3.53. The lowest BCUT2D eigenvalue weighted by Crippen LogP contribution is -2.25. The van der Waals surface area contributed by atoms with Gasteiger partial charge in [-0.25, -0.2) is 4.98 Å². The number of nitrogens with zero attached hydrogens (tertiary/aromatic N) is 1. The van der Waals surface area contributed by atoms with Crippen molar-refractivity contribution in [1.29, 1.82) is 0 Å². The largest absolute Gasteiger partial charge is 0.496 e. The van der Waals surface area contributed by atoms with E-state index in [0.717, 1.165) is 24.6 Å². The number of benzene rings is 1. The van der Waals surface area contributed by atoms with Crippen molar-refractivity contribution in [2.75, 3.05) is 27.9 Å². The van der Waals surface area contributed by atoms with Crippen molar-refractivity contribution in [3.05, 3.63) is 33.4 Å². The Morgan fingerprint density at radius 2 is 1.93 bits per heavy atom. The normalized spacial score (nSPS) is 13.2. The number of fused-ring (bicyclic) bond motifs is 2. The second-order valence-corrected chi connectivity index (χ2v) is 8.50. The van der Waals surface area contributed by atoms with Crippen LogP contribution in [0.25, 0.3) is 10.9 Å². The average Bonchev–Trinajstić information content (AvgIpc) is 3.39. The van der Waals surface area contributed by atoms with Crippen molar-refractivity contribution in [2.24, 2.45) is 0 Å². The van der Waals surface area contributed by atoms with Gasteiger partial charge in [0.05, 0.1) is 37.5 Å². The fraction of sp³-hybridized carbons (Fsp3) is 0.455. The highest BCUT2D eigenvalue weighted by molar-refractivity contribution is 7.11. The van der Waals surface area contributed by atoms with Gasteiger partial charge < -0.3 is 24.5 Å². The predicted octanol–water partition coefficient (Wildman–Crippen LogP) is 3.89. The molecule has 0 bridgehead atoms. The van der Waals surface area contributed by atoms with Gasteiger partial charge in [0.25, 0.3) is 5.91 Å². The number of methoxy groups -OCH3 is 3. The van der Waals surface area contributed by atoms with Gasteiger partial charge in [-0.15, -0.1) is 11.3 Å². The van der Waals surface area contributed by atoms with E-state index in [1.54, 1.807) is 33.5 Å². The molecule has 160 valence electrons. The fourth-order valence-electron chi connectivity index (χ4n) is 3.91. The molecule has 3 aromatic rings. The standard InChI is InChI=1S/C22H27N3O4S/c1-27-16-12-17(28-2)21(29-3)20-13(16)11-15(25-20)22(26)23-10-6-9-19-24-14-7-4-5-8-18(14)30-19/h11-12,25H,4-10H2,1-3H3,(H,23,26). The molecule has 1 aliphatic rings. The summed E-state index contributed by atoms with van der Waals surface area (Å²) in [6.07, 6.45) is 6.56. The molecule has 0 spiro atoms. The smallest absolute Gasteiger partial charge is 0.267 e. The predicted molar refractivity (Wildman–Crippen MR) is 117 cm³/mol. The second-order valence-electron chi connectivity index (χ2n) is 7.33. The zero-order valence-electron chi connectivity index (χ0n) is 17.6. The van der Waals surface area contributed by atoms with Gasteiger partial charge in [0, 0.05) is 29.3 Å². The number of aromatic amines is 1. The van der Waals surface area contributed by atoms with Gasteiger partial charge >= 0.3 is 0 Å². The van der Waals surface area contributed by atoms with Crippen LogP contribution in [0.4, 0.5) is 0 Å². The Morgan fingerprint density at radius 3 is 2.67 bits per heavy atom. The maximum absolute atomic E-state index is 12.7. The molecule has 30 heavy (non-hydrogen) atoms. The van der Waals surface area contributed by atoms with Crippen LogP contribution in [-0.2, 0) is 19.3 Å². The monoisotopic (exact) mass is 429 g/mol. The molecule has 8 heteroatoms. The summed E-state index contributed by atoms with van der Waals surface area (Å²) < 4.78 is 16.3. The number of carbonyl (C=O) groups is 1. The minimum absolute atomic E-state index is 0.160. The van der Waals surface area contributed by atoms with Gasteiger partial charge in [0.2, 0.25) is 0 Å². The lowest BCUT2D eigenvalue weighted by Gasteiger charge is -2.11. The lowest BCUT2D eigenvalue weighted by atomic mass is 10.0. The molecule has 7 nitrogen and oxygen atoms in total. The molecule has 0 saturated carbocycles. The first kappa shape index (κ1) is 20.5. The summed E-state index contributed by atoms with van der Waals surface area (Å²) in [4.78, 5) is 22.0. The number of hydrogen-bond donors (Lipinski definition) is 2. The number of aryl methyl sites for hydroxylation is 3. The van der Waals surface area contributed by atoms with Crippen LogP contribution >= 0.6 is 11.3 Å². The maximum Gasteiger partial charge on any atom is 0.267 e. The first-order valence-corrected chi connectivity index (χ1v) is 11.0. The number of carbonyl (C=O) groups excluding carboxylic acids is 1. The lowest BCUT2D eigenvalue weighted by molar-refractivity contribution is 0.0949. The molecule has 2 heterocycles. The van der Waals surface area contributed by atoms with Crippen LogP contribution < -0.4 is 19.5 Å². The molecule has 1 amide bonds. The Labute approximate surface area is 179 Å². The third-order valence-electron chi connectivity index (χ3n) is 5.43. The number of nitrogens with one attached hydrogen (secondary N) is 2. The van der Waals surface area contributed by atoms with Crippen LogP contribution in [0, 0.1) is 0 Å². The number of thiazole rings is 1. The minimum atomic E-state index is -0.160. The van der Waals surface area contributed by atoms with Gasteiger partial charge in [-0.3, -0.25) is 4.79 Å². The summed E-state index contributed by atoms with van der Waals surface area (Å²) in [5.74, 6) is 1.54. The summed E-state index contributed by atoms with van der Waals surface area (Å²) in [6.45, 7) is 0.593. The van der Waals surface area contributed by atoms with E-state index < -0.39 is 0 Å². The fourth-order valence-corrected chi connectivity index (χ4v) is 5.11. The summed E-state index contributed by atoms with van der Waals surface area (Å²) in [5, 5.41) is 4.94. The summed E-state index contributed by atoms with van der Waals surface area (Å²) >= 11 is 1.84. The van der Waals surface area contributed by atoms with E-state index in [1.165, 1.54) is 34.8 Å². The van der Waals surface area contributed by atoms with E-state index in [0.29, 0.717) is 35.0 Å². The molecule has 2 aromatic heterocycles. The van der Waals surface area contributed by atoms with Crippen molar-refractivity contribution in [1.82, 2.24) is 15.3 Å².